The van der Waals surface area contributed by atoms with Gasteiger partial charge in [-0.15, -0.1) is 0 Å². The highest BCUT2D eigenvalue weighted by molar-refractivity contribution is 6.33. The van der Waals surface area contributed by atoms with E-state index in [1.54, 1.807) is 18.7 Å². The molecule has 0 spiro atoms. The third-order valence-corrected chi connectivity index (χ3v) is 4.31. The number of rotatable bonds is 3. The van der Waals surface area contributed by atoms with Gasteiger partial charge in [0.25, 0.3) is 5.91 Å². The van der Waals surface area contributed by atoms with Gasteiger partial charge in [-0.05, 0) is 18.9 Å². The second kappa shape index (κ2) is 5.84. The van der Waals surface area contributed by atoms with Crippen LogP contribution in [-0.4, -0.2) is 33.5 Å². The number of halogens is 1. The second-order valence-corrected chi connectivity index (χ2v) is 5.70. The van der Waals surface area contributed by atoms with Crippen LogP contribution in [0, 0.1) is 0 Å². The average Bonchev–Trinajstić information content (AvgIpc) is 2.90. The van der Waals surface area contributed by atoms with E-state index in [-0.39, 0.29) is 11.7 Å². The smallest absolute Gasteiger partial charge is 0.271 e. The Kier molecular flexibility index (Phi) is 3.89. The number of hydrogen-bond acceptors (Lipinski definition) is 5. The molecule has 8 heteroatoms. The SMILES string of the molecule is NC(=O)c1ncn(C2CCN(c3ccncc3Cl)CC2)c1N. The molecular formula is C14H17ClN6O. The number of imidazole rings is 1. The lowest BCUT2D eigenvalue weighted by atomic mass is 10.0. The van der Waals surface area contributed by atoms with Gasteiger partial charge in [-0.1, -0.05) is 11.6 Å². The molecule has 1 amide bonds. The fourth-order valence-electron chi connectivity index (χ4n) is 2.86. The summed E-state index contributed by atoms with van der Waals surface area (Å²) in [4.78, 5) is 21.5. The third-order valence-electron chi connectivity index (χ3n) is 4.02. The maximum absolute atomic E-state index is 11.2. The lowest BCUT2D eigenvalue weighted by molar-refractivity contribution is 0.0997. The third kappa shape index (κ3) is 2.59. The summed E-state index contributed by atoms with van der Waals surface area (Å²) >= 11 is 6.18. The highest BCUT2D eigenvalue weighted by Crippen LogP contribution is 2.31. The molecule has 0 aliphatic carbocycles. The first-order chi connectivity index (χ1) is 10.6. The van der Waals surface area contributed by atoms with Crippen LogP contribution in [0.25, 0.3) is 0 Å². The highest BCUT2D eigenvalue weighted by atomic mass is 35.5. The molecule has 1 fully saturated rings. The summed E-state index contributed by atoms with van der Waals surface area (Å²) in [7, 11) is 0. The minimum Gasteiger partial charge on any atom is -0.383 e. The molecule has 0 aromatic carbocycles. The Hall–Kier alpha value is -2.28. The number of nitrogens with two attached hydrogens (primary N) is 2. The molecule has 1 aliphatic heterocycles. The topological polar surface area (TPSA) is 103 Å². The van der Waals surface area contributed by atoms with Crippen LogP contribution in [0.2, 0.25) is 5.02 Å². The van der Waals surface area contributed by atoms with E-state index >= 15 is 0 Å². The number of amides is 1. The zero-order valence-corrected chi connectivity index (χ0v) is 12.7. The molecule has 22 heavy (non-hydrogen) atoms. The van der Waals surface area contributed by atoms with Gasteiger partial charge in [0.05, 0.1) is 17.0 Å². The van der Waals surface area contributed by atoms with Gasteiger partial charge in [-0.3, -0.25) is 9.78 Å². The molecule has 0 unspecified atom stereocenters. The van der Waals surface area contributed by atoms with Crippen molar-refractivity contribution < 1.29 is 4.79 Å². The van der Waals surface area contributed by atoms with Crippen LogP contribution < -0.4 is 16.4 Å². The first kappa shape index (κ1) is 14.6. The summed E-state index contributed by atoms with van der Waals surface area (Å²) in [6.45, 7) is 1.69. The maximum Gasteiger partial charge on any atom is 0.271 e. The predicted octanol–water partition coefficient (Wildman–Crippen LogP) is 1.45. The number of anilines is 2. The van der Waals surface area contributed by atoms with Crippen LogP contribution in [0.15, 0.2) is 24.8 Å². The summed E-state index contributed by atoms with van der Waals surface area (Å²) in [5.41, 5.74) is 12.3. The van der Waals surface area contributed by atoms with Crippen molar-refractivity contribution in [2.24, 2.45) is 5.73 Å². The summed E-state index contributed by atoms with van der Waals surface area (Å²) in [6.07, 6.45) is 6.75. The number of nitrogens with zero attached hydrogens (tertiary/aromatic N) is 4. The van der Waals surface area contributed by atoms with Gasteiger partial charge in [-0.2, -0.15) is 0 Å². The molecule has 2 aromatic heterocycles. The van der Waals surface area contributed by atoms with E-state index in [9.17, 15) is 4.79 Å². The molecule has 7 nitrogen and oxygen atoms in total. The number of carbonyl (C=O) groups is 1. The van der Waals surface area contributed by atoms with Crippen molar-refractivity contribution in [1.29, 1.82) is 0 Å². The average molecular weight is 321 g/mol. The first-order valence-corrected chi connectivity index (χ1v) is 7.42. The number of aromatic nitrogens is 3. The van der Waals surface area contributed by atoms with E-state index < -0.39 is 5.91 Å². The van der Waals surface area contributed by atoms with Crippen molar-refractivity contribution in [3.05, 3.63) is 35.5 Å². The van der Waals surface area contributed by atoms with Crippen molar-refractivity contribution in [2.75, 3.05) is 23.7 Å². The van der Waals surface area contributed by atoms with E-state index in [2.05, 4.69) is 14.9 Å². The van der Waals surface area contributed by atoms with Crippen LogP contribution in [0.4, 0.5) is 11.5 Å². The van der Waals surface area contributed by atoms with Gasteiger partial charge in [-0.25, -0.2) is 4.98 Å². The summed E-state index contributed by atoms with van der Waals surface area (Å²) < 4.78 is 1.84. The molecule has 116 valence electrons. The first-order valence-electron chi connectivity index (χ1n) is 7.04. The number of nitrogen functional groups attached to an aromatic ring is 1. The normalized spacial score (nSPS) is 16.0. The van der Waals surface area contributed by atoms with Crippen molar-refractivity contribution >= 4 is 29.0 Å². The van der Waals surface area contributed by atoms with Gasteiger partial charge in [0, 0.05) is 31.5 Å². The molecule has 3 rings (SSSR count). The van der Waals surface area contributed by atoms with Crippen molar-refractivity contribution in [3.8, 4) is 0 Å². The molecule has 0 saturated carbocycles. The second-order valence-electron chi connectivity index (χ2n) is 5.30. The minimum absolute atomic E-state index is 0.139. The molecule has 0 bridgehead atoms. The van der Waals surface area contributed by atoms with Crippen LogP contribution in [-0.2, 0) is 0 Å². The summed E-state index contributed by atoms with van der Waals surface area (Å²) in [5.74, 6) is -0.259. The van der Waals surface area contributed by atoms with Crippen LogP contribution >= 0.6 is 11.6 Å². The zero-order valence-electron chi connectivity index (χ0n) is 11.9. The molecule has 0 atom stereocenters. The molecule has 1 aliphatic rings. The maximum atomic E-state index is 11.2. The van der Waals surface area contributed by atoms with Gasteiger partial charge in [0.1, 0.15) is 5.82 Å². The van der Waals surface area contributed by atoms with Crippen molar-refractivity contribution in [2.45, 2.75) is 18.9 Å². The Bertz CT molecular complexity index is 692. The molecule has 4 N–H and O–H groups in total. The predicted molar refractivity (Wildman–Crippen MR) is 84.9 cm³/mol. The van der Waals surface area contributed by atoms with E-state index in [0.29, 0.717) is 10.8 Å². The fraction of sp³-hybridized carbons (Fsp3) is 0.357. The number of piperidine rings is 1. The van der Waals surface area contributed by atoms with Gasteiger partial charge in [0.2, 0.25) is 0 Å². The van der Waals surface area contributed by atoms with E-state index in [0.717, 1.165) is 31.6 Å². The van der Waals surface area contributed by atoms with Crippen molar-refractivity contribution in [3.63, 3.8) is 0 Å². The van der Waals surface area contributed by atoms with E-state index in [4.69, 9.17) is 23.1 Å². The summed E-state index contributed by atoms with van der Waals surface area (Å²) in [5, 5.41) is 0.652. The Morgan fingerprint density at radius 2 is 2.09 bits per heavy atom. The zero-order chi connectivity index (χ0) is 15.7. The van der Waals surface area contributed by atoms with Crippen LogP contribution in [0.3, 0.4) is 0 Å². The Labute approximate surface area is 132 Å². The lowest BCUT2D eigenvalue weighted by Gasteiger charge is -2.34. The molecular weight excluding hydrogens is 304 g/mol. The molecule has 2 aromatic rings. The number of hydrogen-bond donors (Lipinski definition) is 2. The quantitative estimate of drug-likeness (QED) is 0.891. The fourth-order valence-corrected chi connectivity index (χ4v) is 3.10. The number of pyridine rings is 1. The molecule has 3 heterocycles. The van der Waals surface area contributed by atoms with Crippen LogP contribution in [0.5, 0.6) is 0 Å². The van der Waals surface area contributed by atoms with Crippen LogP contribution in [0.1, 0.15) is 29.4 Å². The van der Waals surface area contributed by atoms with Gasteiger partial charge >= 0.3 is 0 Å². The molecule has 0 radical (unpaired) electrons. The Morgan fingerprint density at radius 3 is 2.68 bits per heavy atom. The van der Waals surface area contributed by atoms with Gasteiger partial charge < -0.3 is 20.9 Å². The number of primary amides is 1. The largest absolute Gasteiger partial charge is 0.383 e. The Balaban J connectivity index is 1.72. The van der Waals surface area contributed by atoms with Gasteiger partial charge in [0.15, 0.2) is 5.69 Å². The lowest BCUT2D eigenvalue weighted by Crippen LogP contribution is -2.35. The standard InChI is InChI=1S/C14H17ClN6O/c15-10-7-18-4-1-11(10)20-5-2-9(3-6-20)21-8-19-12(13(21)16)14(17)22/h1,4,7-9H,2-3,5-6,16H2,(H2,17,22). The number of carbonyl (C=O) groups excluding carboxylic acids is 1. The monoisotopic (exact) mass is 320 g/mol. The Morgan fingerprint density at radius 1 is 1.36 bits per heavy atom. The summed E-state index contributed by atoms with van der Waals surface area (Å²) in [6, 6.07) is 2.12. The van der Waals surface area contributed by atoms with E-state index in [1.807, 2.05) is 10.6 Å². The molecule has 1 saturated heterocycles. The highest BCUT2D eigenvalue weighted by Gasteiger charge is 2.25. The van der Waals surface area contributed by atoms with Crippen molar-refractivity contribution in [1.82, 2.24) is 14.5 Å². The van der Waals surface area contributed by atoms with E-state index in [1.165, 1.54) is 0 Å². The minimum atomic E-state index is -0.600.